The van der Waals surface area contributed by atoms with Crippen molar-refractivity contribution in [2.45, 2.75) is 130 Å². The first-order valence-electron chi connectivity index (χ1n) is 23.2. The second-order valence-electron chi connectivity index (χ2n) is 15.6. The third-order valence-electron chi connectivity index (χ3n) is 10.2. The zero-order valence-electron chi connectivity index (χ0n) is 38.0. The summed E-state index contributed by atoms with van der Waals surface area (Å²) < 4.78 is 21.1. The molecule has 6 aliphatic heterocycles. The molecule has 6 aliphatic rings. The van der Waals surface area contributed by atoms with E-state index in [0.29, 0.717) is 0 Å². The molecule has 66 heavy (non-hydrogen) atoms. The molecular weight excluding hydrogens is 1150 g/mol. The first kappa shape index (κ1) is 55.2. The fourth-order valence-corrected chi connectivity index (χ4v) is 34.1. The summed E-state index contributed by atoms with van der Waals surface area (Å²) in [7, 11) is 0. The molecule has 0 nitrogen and oxygen atoms in total. The first-order valence-corrected chi connectivity index (χ1v) is 38.6. The Morgan fingerprint density at radius 3 is 0.879 bits per heavy atom. The average molecular weight is 1210 g/mol. The van der Waals surface area contributed by atoms with Gasteiger partial charge in [-0.2, -0.15) is 0 Å². The Morgan fingerprint density at radius 1 is 0.318 bits per heavy atom. The summed E-state index contributed by atoms with van der Waals surface area (Å²) in [5.41, 5.74) is 0. The minimum absolute atomic E-state index is 1.25. The van der Waals surface area contributed by atoms with Crippen molar-refractivity contribution in [1.82, 2.24) is 0 Å². The van der Waals surface area contributed by atoms with Crippen LogP contribution in [0.4, 0.5) is 0 Å². The molecule has 0 spiro atoms. The van der Waals surface area contributed by atoms with Crippen LogP contribution in [-0.2, 0) is 0 Å². The highest BCUT2D eigenvalue weighted by Crippen LogP contribution is 2.72. The molecule has 2 aromatic heterocycles. The highest BCUT2D eigenvalue weighted by Gasteiger charge is 2.36. The number of thioether (sulfide) groups is 16. The molecule has 0 aliphatic carbocycles. The summed E-state index contributed by atoms with van der Waals surface area (Å²) in [6.45, 7) is 9.23. The van der Waals surface area contributed by atoms with Crippen LogP contribution in [-0.4, -0.2) is 23.0 Å². The van der Waals surface area contributed by atoms with Crippen LogP contribution in [0.5, 0.6) is 0 Å². The van der Waals surface area contributed by atoms with Gasteiger partial charge in [0.1, 0.15) is 0 Å². The van der Waals surface area contributed by atoms with E-state index in [4.69, 9.17) is 0 Å². The fourth-order valence-electron chi connectivity index (χ4n) is 6.68. The smallest absolute Gasteiger partial charge is 0.0718 e. The highest BCUT2D eigenvalue weighted by molar-refractivity contribution is 8.51. The molecule has 0 radical (unpaired) electrons. The second-order valence-corrected chi connectivity index (χ2v) is 38.3. The Balaban J connectivity index is 0.806. The Morgan fingerprint density at radius 2 is 0.591 bits per heavy atom. The van der Waals surface area contributed by atoms with Crippen molar-refractivity contribution in [3.05, 3.63) is 93.3 Å². The SMILES string of the molecule is CCCCCCSC1=C(SCCCCCC)SC(=C2SC3=C(SC(=Cc4ccc(-c5ccc(C=C6SC7=C(S6)SC(=C6SC(SCCCCCC)=C(SCCCCCC)S6)S7)s5)s4)S3)S2)S1. The van der Waals surface area contributed by atoms with Crippen molar-refractivity contribution in [3.8, 4) is 9.75 Å². The van der Waals surface area contributed by atoms with Crippen molar-refractivity contribution in [1.29, 1.82) is 0 Å². The van der Waals surface area contributed by atoms with E-state index in [1.807, 2.05) is 117 Å². The molecule has 8 heterocycles. The van der Waals surface area contributed by atoms with Gasteiger partial charge in [0, 0.05) is 19.5 Å². The Labute approximate surface area is 473 Å². The molecule has 0 unspecified atom stereocenters. The van der Waals surface area contributed by atoms with Crippen molar-refractivity contribution in [2.75, 3.05) is 23.0 Å². The van der Waals surface area contributed by atoms with Gasteiger partial charge in [0.25, 0.3) is 0 Å². The summed E-state index contributed by atoms with van der Waals surface area (Å²) >= 11 is 36.6. The summed E-state index contributed by atoms with van der Waals surface area (Å²) in [6.07, 6.45) is 26.3. The lowest BCUT2D eigenvalue weighted by atomic mass is 10.2. The van der Waals surface area contributed by atoms with Crippen molar-refractivity contribution in [3.63, 3.8) is 0 Å². The van der Waals surface area contributed by atoms with Gasteiger partial charge in [-0.05, 0) is 85.1 Å². The number of unbranched alkanes of at least 4 members (excludes halogenated alkanes) is 12. The zero-order valence-corrected chi connectivity index (χ0v) is 52.7. The predicted octanol–water partition coefficient (Wildman–Crippen LogP) is 25.0. The molecule has 0 aromatic carbocycles. The molecular formula is C48H58S18. The van der Waals surface area contributed by atoms with Gasteiger partial charge in [-0.15, -0.1) is 69.7 Å². The maximum absolute atomic E-state index is 2.42. The summed E-state index contributed by atoms with van der Waals surface area (Å²) in [5, 5.41) is 0. The molecule has 0 N–H and O–H groups in total. The molecule has 0 atom stereocenters. The molecule has 2 aromatic rings. The number of hydrogen-bond donors (Lipinski definition) is 0. The van der Waals surface area contributed by atoms with Gasteiger partial charge < -0.3 is 0 Å². The zero-order chi connectivity index (χ0) is 45.5. The molecule has 0 saturated heterocycles. The van der Waals surface area contributed by atoms with E-state index < -0.39 is 0 Å². The van der Waals surface area contributed by atoms with Crippen LogP contribution in [0.2, 0.25) is 0 Å². The third kappa shape index (κ3) is 16.5. The van der Waals surface area contributed by atoms with Crippen LogP contribution in [0.25, 0.3) is 21.9 Å². The van der Waals surface area contributed by atoms with Crippen LogP contribution in [0.3, 0.4) is 0 Å². The van der Waals surface area contributed by atoms with E-state index in [2.05, 4.69) is 158 Å². The number of thiophene rings is 2. The van der Waals surface area contributed by atoms with E-state index in [1.165, 1.54) is 188 Å². The monoisotopic (exact) mass is 1210 g/mol. The van der Waals surface area contributed by atoms with Gasteiger partial charge in [0.05, 0.1) is 59.3 Å². The summed E-state index contributed by atoms with van der Waals surface area (Å²) in [4.78, 5) is 5.43. The lowest BCUT2D eigenvalue weighted by Crippen LogP contribution is -1.83. The normalized spacial score (nSPS) is 18.6. The molecule has 0 bridgehead atoms. The van der Waals surface area contributed by atoms with Gasteiger partial charge in [-0.1, -0.05) is 246 Å². The number of hydrogen-bond acceptors (Lipinski definition) is 18. The quantitative estimate of drug-likeness (QED) is 0.0779. The lowest BCUT2D eigenvalue weighted by Gasteiger charge is -2.05. The van der Waals surface area contributed by atoms with Gasteiger partial charge >= 0.3 is 0 Å². The van der Waals surface area contributed by atoms with Gasteiger partial charge in [-0.25, -0.2) is 0 Å². The Bertz CT molecular complexity index is 1990. The molecule has 0 saturated carbocycles. The van der Waals surface area contributed by atoms with Crippen LogP contribution >= 0.6 is 211 Å². The molecule has 0 amide bonds. The van der Waals surface area contributed by atoms with E-state index in [9.17, 15) is 0 Å². The minimum Gasteiger partial charge on any atom is -0.135 e. The molecule has 358 valence electrons. The van der Waals surface area contributed by atoms with Crippen molar-refractivity contribution < 1.29 is 0 Å². The van der Waals surface area contributed by atoms with Gasteiger partial charge in [-0.3, -0.25) is 0 Å². The van der Waals surface area contributed by atoms with E-state index in [0.717, 1.165) is 0 Å². The summed E-state index contributed by atoms with van der Waals surface area (Å²) in [6, 6.07) is 9.30. The van der Waals surface area contributed by atoms with E-state index in [1.54, 1.807) is 16.9 Å². The summed E-state index contributed by atoms with van der Waals surface area (Å²) in [5.74, 6) is 5.01. The predicted molar refractivity (Wildman–Crippen MR) is 343 cm³/mol. The fraction of sp³-hybridized carbons (Fsp3) is 0.500. The van der Waals surface area contributed by atoms with Crippen LogP contribution < -0.4 is 0 Å². The minimum atomic E-state index is 1.25. The van der Waals surface area contributed by atoms with E-state index >= 15 is 0 Å². The second kappa shape index (κ2) is 29.9. The molecule has 18 heteroatoms. The van der Waals surface area contributed by atoms with Gasteiger partial charge in [0.15, 0.2) is 0 Å². The van der Waals surface area contributed by atoms with E-state index in [-0.39, 0.29) is 0 Å². The van der Waals surface area contributed by atoms with Crippen LogP contribution in [0.15, 0.2) is 83.6 Å². The van der Waals surface area contributed by atoms with Crippen LogP contribution in [0.1, 0.15) is 140 Å². The van der Waals surface area contributed by atoms with Gasteiger partial charge in [0.2, 0.25) is 0 Å². The van der Waals surface area contributed by atoms with Crippen LogP contribution in [0, 0.1) is 0 Å². The number of rotatable bonds is 27. The molecule has 0 fully saturated rings. The van der Waals surface area contributed by atoms with Crippen molar-refractivity contribution in [2.24, 2.45) is 0 Å². The standard InChI is InChI=1S/C48H58S18/c1-5-9-13-17-25-49-37-38(50-26-18-14-10-6-2)60-45(59-37)47-63-41-42(64-47)56-35(55-41)29-31-21-23-33(53-31)34-24-22-32(54-34)30-36-57-43-44(58-36)66-48(65-43)46-61-39(51-27-19-15-11-7-3)40(62-46)52-28-20-16-12-8-4/h21-24,29-30H,5-20,25-28H2,1-4H3. The highest BCUT2D eigenvalue weighted by atomic mass is 32.3. The average Bonchev–Trinajstić information content (AvgIpc) is 4.17. The topological polar surface area (TPSA) is 0 Å². The maximum atomic E-state index is 2.42. The Kier molecular flexibility index (Phi) is 25.0. The van der Waals surface area contributed by atoms with Crippen molar-refractivity contribution >= 4 is 223 Å². The maximum Gasteiger partial charge on any atom is 0.0718 e. The largest absolute Gasteiger partial charge is 0.135 e. The lowest BCUT2D eigenvalue weighted by molar-refractivity contribution is 0.707. The molecule has 8 rings (SSSR count). The third-order valence-corrected chi connectivity index (χ3v) is 35.9. The Hall–Kier alpha value is 2.92. The first-order chi connectivity index (χ1) is 32.5.